The largest absolute Gasteiger partial charge is 0.365 e. The molecular formula is C24H22F2N6O2S. The third-order valence-corrected chi connectivity index (χ3v) is 7.71. The van der Waals surface area contributed by atoms with Crippen LogP contribution in [0.2, 0.25) is 0 Å². The summed E-state index contributed by atoms with van der Waals surface area (Å²) in [5.41, 5.74) is 1.91. The number of rotatable bonds is 6. The molecular weight excluding hydrogens is 474 g/mol. The lowest BCUT2D eigenvalue weighted by Gasteiger charge is -2.21. The number of anilines is 1. The predicted octanol–water partition coefficient (Wildman–Crippen LogP) is 3.42. The van der Waals surface area contributed by atoms with Gasteiger partial charge in [-0.25, -0.2) is 32.2 Å². The molecule has 8 nitrogen and oxygen atoms in total. The first-order chi connectivity index (χ1) is 16.8. The monoisotopic (exact) mass is 496 g/mol. The number of halogens is 2. The maximum absolute atomic E-state index is 13.7. The summed E-state index contributed by atoms with van der Waals surface area (Å²) >= 11 is 0. The molecule has 4 aromatic rings. The minimum Gasteiger partial charge on any atom is -0.365 e. The molecule has 5 rings (SSSR count). The molecule has 2 aromatic carbocycles. The van der Waals surface area contributed by atoms with E-state index in [0.717, 1.165) is 5.56 Å². The number of aryl methyl sites for hydroxylation is 1. The van der Waals surface area contributed by atoms with Crippen molar-refractivity contribution in [2.24, 2.45) is 7.05 Å². The fourth-order valence-electron chi connectivity index (χ4n) is 4.24. The van der Waals surface area contributed by atoms with Crippen LogP contribution in [0.4, 0.5) is 14.6 Å². The maximum atomic E-state index is 13.7. The lowest BCUT2D eigenvalue weighted by Crippen LogP contribution is -2.32. The fraction of sp³-hybridized carbons (Fsp3) is 0.208. The van der Waals surface area contributed by atoms with Crippen LogP contribution >= 0.6 is 0 Å². The zero-order chi connectivity index (χ0) is 24.6. The van der Waals surface area contributed by atoms with Crippen LogP contribution < -0.4 is 5.32 Å². The van der Waals surface area contributed by atoms with Crippen LogP contribution in [-0.4, -0.2) is 51.4 Å². The molecule has 1 saturated heterocycles. The fourth-order valence-corrected chi connectivity index (χ4v) is 5.70. The van der Waals surface area contributed by atoms with Gasteiger partial charge in [-0.2, -0.15) is 4.31 Å². The van der Waals surface area contributed by atoms with Crippen molar-refractivity contribution < 1.29 is 17.2 Å². The van der Waals surface area contributed by atoms with E-state index < -0.39 is 10.0 Å². The Bertz CT molecular complexity index is 1460. The van der Waals surface area contributed by atoms with Crippen molar-refractivity contribution in [3.63, 3.8) is 0 Å². The minimum absolute atomic E-state index is 0.0334. The van der Waals surface area contributed by atoms with Gasteiger partial charge in [-0.15, -0.1) is 0 Å². The van der Waals surface area contributed by atoms with Gasteiger partial charge in [0.1, 0.15) is 23.8 Å². The van der Waals surface area contributed by atoms with Gasteiger partial charge in [0, 0.05) is 49.9 Å². The molecule has 1 aliphatic rings. The molecule has 0 saturated carbocycles. The molecule has 0 spiro atoms. The average molecular weight is 497 g/mol. The minimum atomic E-state index is -3.84. The molecule has 2 atom stereocenters. The smallest absolute Gasteiger partial charge is 0.262 e. The van der Waals surface area contributed by atoms with Crippen molar-refractivity contribution in [3.8, 4) is 11.3 Å². The maximum Gasteiger partial charge on any atom is 0.262 e. The van der Waals surface area contributed by atoms with Crippen LogP contribution in [0.3, 0.4) is 0 Å². The Labute approximate surface area is 201 Å². The average Bonchev–Trinajstić information content (AvgIpc) is 3.47. The first-order valence-electron chi connectivity index (χ1n) is 10.9. The molecule has 0 radical (unpaired) electrons. The molecule has 180 valence electrons. The van der Waals surface area contributed by atoms with E-state index in [-0.39, 0.29) is 41.7 Å². The Kier molecular flexibility index (Phi) is 6.03. The highest BCUT2D eigenvalue weighted by molar-refractivity contribution is 7.89. The number of hydrogen-bond donors (Lipinski definition) is 1. The first-order valence-corrected chi connectivity index (χ1v) is 12.3. The third kappa shape index (κ3) is 4.77. The van der Waals surface area contributed by atoms with Gasteiger partial charge < -0.3 is 9.88 Å². The van der Waals surface area contributed by atoms with E-state index in [2.05, 4.69) is 20.3 Å². The predicted molar refractivity (Wildman–Crippen MR) is 126 cm³/mol. The Balaban J connectivity index is 1.46. The standard InChI is InChI=1S/C24H22F2N6O2S/c1-31-13-24(29-15-31)35(33,34)32-11-20(16-5-7-18(25)8-6-16)22(12-32)30-23-10-21(27-14-28-23)17-3-2-4-19(26)9-17/h2-10,13-15,20,22H,11-12H2,1H3,(H,27,28,30)/t20-,22+/m1/s1. The summed E-state index contributed by atoms with van der Waals surface area (Å²) in [7, 11) is -2.13. The highest BCUT2D eigenvalue weighted by atomic mass is 32.2. The number of aromatic nitrogens is 4. The molecule has 0 bridgehead atoms. The molecule has 2 aromatic heterocycles. The highest BCUT2D eigenvalue weighted by Gasteiger charge is 2.41. The second-order valence-corrected chi connectivity index (χ2v) is 10.3. The summed E-state index contributed by atoms with van der Waals surface area (Å²) in [5.74, 6) is -0.557. The Morgan fingerprint density at radius 1 is 0.971 bits per heavy atom. The van der Waals surface area contributed by atoms with Crippen LogP contribution in [0, 0.1) is 11.6 Å². The molecule has 1 N–H and O–H groups in total. The van der Waals surface area contributed by atoms with Gasteiger partial charge in [-0.3, -0.25) is 0 Å². The van der Waals surface area contributed by atoms with Crippen molar-refractivity contribution >= 4 is 15.8 Å². The van der Waals surface area contributed by atoms with Crippen LogP contribution in [0.25, 0.3) is 11.3 Å². The summed E-state index contributed by atoms with van der Waals surface area (Å²) in [4.78, 5) is 12.5. The van der Waals surface area contributed by atoms with Crippen molar-refractivity contribution in [1.29, 1.82) is 0 Å². The van der Waals surface area contributed by atoms with E-state index in [4.69, 9.17) is 0 Å². The lowest BCUT2D eigenvalue weighted by molar-refractivity contribution is 0.468. The summed E-state index contributed by atoms with van der Waals surface area (Å²) < 4.78 is 56.7. The molecule has 0 amide bonds. The Morgan fingerprint density at radius 2 is 1.77 bits per heavy atom. The van der Waals surface area contributed by atoms with Crippen LogP contribution in [-0.2, 0) is 17.1 Å². The quantitative estimate of drug-likeness (QED) is 0.440. The van der Waals surface area contributed by atoms with E-state index in [1.54, 1.807) is 41.9 Å². The molecule has 1 fully saturated rings. The summed E-state index contributed by atoms with van der Waals surface area (Å²) in [6, 6.07) is 13.4. The van der Waals surface area contributed by atoms with Crippen molar-refractivity contribution in [3.05, 3.63) is 90.6 Å². The van der Waals surface area contributed by atoms with Gasteiger partial charge in [0.15, 0.2) is 5.03 Å². The van der Waals surface area contributed by atoms with E-state index in [1.807, 2.05) is 0 Å². The van der Waals surface area contributed by atoms with Crippen molar-refractivity contribution in [2.75, 3.05) is 18.4 Å². The van der Waals surface area contributed by atoms with Crippen LogP contribution in [0.15, 0.2) is 78.5 Å². The van der Waals surface area contributed by atoms with E-state index >= 15 is 0 Å². The van der Waals surface area contributed by atoms with E-state index in [0.29, 0.717) is 17.1 Å². The molecule has 1 aliphatic heterocycles. The zero-order valence-corrected chi connectivity index (χ0v) is 19.5. The van der Waals surface area contributed by atoms with Crippen molar-refractivity contribution in [1.82, 2.24) is 23.8 Å². The number of imidazole rings is 1. The molecule has 0 aliphatic carbocycles. The molecule has 0 unspecified atom stereocenters. The third-order valence-electron chi connectivity index (χ3n) is 5.99. The lowest BCUT2D eigenvalue weighted by atomic mass is 9.94. The van der Waals surface area contributed by atoms with Crippen LogP contribution in [0.1, 0.15) is 11.5 Å². The van der Waals surface area contributed by atoms with E-state index in [9.17, 15) is 17.2 Å². The zero-order valence-electron chi connectivity index (χ0n) is 18.7. The second-order valence-electron chi connectivity index (χ2n) is 8.41. The Hall–Kier alpha value is -3.70. The van der Waals surface area contributed by atoms with Gasteiger partial charge in [0.25, 0.3) is 10.0 Å². The SMILES string of the molecule is Cn1cnc(S(=O)(=O)N2C[C@H](Nc3cc(-c4cccc(F)c4)ncn3)[C@@H](c3ccc(F)cc3)C2)c1. The number of benzene rings is 2. The van der Waals surface area contributed by atoms with Gasteiger partial charge in [-0.05, 0) is 29.8 Å². The molecule has 35 heavy (non-hydrogen) atoms. The van der Waals surface area contributed by atoms with Gasteiger partial charge >= 0.3 is 0 Å². The van der Waals surface area contributed by atoms with Gasteiger partial charge in [0.05, 0.1) is 12.0 Å². The number of nitrogens with zero attached hydrogens (tertiary/aromatic N) is 5. The number of hydrogen-bond acceptors (Lipinski definition) is 6. The number of nitrogens with one attached hydrogen (secondary N) is 1. The highest BCUT2D eigenvalue weighted by Crippen LogP contribution is 2.33. The second kappa shape index (κ2) is 9.16. The van der Waals surface area contributed by atoms with Crippen molar-refractivity contribution in [2.45, 2.75) is 17.0 Å². The summed E-state index contributed by atoms with van der Waals surface area (Å²) in [6.07, 6.45) is 4.26. The molecule has 11 heteroatoms. The van der Waals surface area contributed by atoms with Gasteiger partial charge in [0.2, 0.25) is 0 Å². The Morgan fingerprint density at radius 3 is 2.49 bits per heavy atom. The first kappa shape index (κ1) is 23.1. The summed E-state index contributed by atoms with van der Waals surface area (Å²) in [6.45, 7) is 0.338. The van der Waals surface area contributed by atoms with Crippen LogP contribution in [0.5, 0.6) is 0 Å². The van der Waals surface area contributed by atoms with Gasteiger partial charge in [-0.1, -0.05) is 24.3 Å². The topological polar surface area (TPSA) is 93.0 Å². The summed E-state index contributed by atoms with van der Waals surface area (Å²) in [5, 5.41) is 3.28. The number of sulfonamides is 1. The molecule has 3 heterocycles. The van der Waals surface area contributed by atoms with E-state index in [1.165, 1.54) is 47.4 Å². The normalized spacial score (nSPS) is 18.6.